The second-order valence-corrected chi connectivity index (χ2v) is 3.74. The van der Waals surface area contributed by atoms with Gasteiger partial charge in [0.2, 0.25) is 5.91 Å². The zero-order chi connectivity index (χ0) is 11.8. The van der Waals surface area contributed by atoms with E-state index >= 15 is 0 Å². The number of rotatable bonds is 7. The van der Waals surface area contributed by atoms with Gasteiger partial charge in [-0.15, -0.1) is 0 Å². The van der Waals surface area contributed by atoms with Crippen LogP contribution in [0.4, 0.5) is 0 Å². The fourth-order valence-electron chi connectivity index (χ4n) is 1.66. The van der Waals surface area contributed by atoms with E-state index < -0.39 is 0 Å². The first-order valence-corrected chi connectivity index (χ1v) is 5.54. The molecule has 1 saturated heterocycles. The van der Waals surface area contributed by atoms with Gasteiger partial charge in [-0.25, -0.2) is 0 Å². The van der Waals surface area contributed by atoms with Crippen molar-refractivity contribution in [3.05, 3.63) is 12.8 Å². The summed E-state index contributed by atoms with van der Waals surface area (Å²) in [6.45, 7) is 5.40. The lowest BCUT2D eigenvalue weighted by Crippen LogP contribution is -2.40. The first-order valence-electron chi connectivity index (χ1n) is 5.54. The lowest BCUT2D eigenvalue weighted by atomic mass is 10.2. The molecule has 0 aromatic rings. The minimum absolute atomic E-state index is 0.0400. The van der Waals surface area contributed by atoms with E-state index in [9.17, 15) is 4.79 Å². The van der Waals surface area contributed by atoms with Crippen LogP contribution in [0.5, 0.6) is 0 Å². The Bertz CT molecular complexity index is 233. The molecular weight excluding hydrogens is 208 g/mol. The number of ether oxygens (including phenoxy) is 2. The van der Waals surface area contributed by atoms with E-state index in [1.165, 1.54) is 6.26 Å². The largest absolute Gasteiger partial charge is 0.502 e. The summed E-state index contributed by atoms with van der Waals surface area (Å²) in [4.78, 5) is 11.6. The van der Waals surface area contributed by atoms with Crippen LogP contribution in [0.1, 0.15) is 12.8 Å². The molecule has 0 saturated carbocycles. The topological polar surface area (TPSA) is 59.6 Å². The Labute approximate surface area is 96.2 Å². The number of carbonyl (C=O) groups excluding carboxylic acids is 1. The SMILES string of the molecule is C=COCCCNC(=O)C1CC(OC)CN1. The molecule has 1 amide bonds. The van der Waals surface area contributed by atoms with E-state index in [2.05, 4.69) is 17.2 Å². The van der Waals surface area contributed by atoms with Crippen molar-refractivity contribution in [3.8, 4) is 0 Å². The number of carbonyl (C=O) groups is 1. The smallest absolute Gasteiger partial charge is 0.237 e. The van der Waals surface area contributed by atoms with Crippen molar-refractivity contribution in [2.45, 2.75) is 25.0 Å². The summed E-state index contributed by atoms with van der Waals surface area (Å²) < 4.78 is 10.1. The second-order valence-electron chi connectivity index (χ2n) is 3.74. The van der Waals surface area contributed by atoms with Crippen LogP contribution in [-0.4, -0.2) is 44.9 Å². The summed E-state index contributed by atoms with van der Waals surface area (Å²) in [5.41, 5.74) is 0. The third-order valence-electron chi connectivity index (χ3n) is 2.60. The highest BCUT2D eigenvalue weighted by atomic mass is 16.5. The molecule has 2 unspecified atom stereocenters. The highest BCUT2D eigenvalue weighted by Gasteiger charge is 2.28. The Kier molecular flexibility index (Phi) is 5.88. The Hall–Kier alpha value is -1.07. The molecule has 0 aromatic carbocycles. The van der Waals surface area contributed by atoms with Crippen molar-refractivity contribution < 1.29 is 14.3 Å². The standard InChI is InChI=1S/C11H20N2O3/c1-3-16-6-4-5-12-11(14)10-7-9(15-2)8-13-10/h3,9-10,13H,1,4-8H2,2H3,(H,12,14). The van der Waals surface area contributed by atoms with Crippen molar-refractivity contribution in [2.24, 2.45) is 0 Å². The molecule has 1 aliphatic rings. The summed E-state index contributed by atoms with van der Waals surface area (Å²) in [6, 6.07) is -0.120. The third kappa shape index (κ3) is 4.20. The van der Waals surface area contributed by atoms with Crippen molar-refractivity contribution in [1.82, 2.24) is 10.6 Å². The van der Waals surface area contributed by atoms with E-state index in [0.717, 1.165) is 19.4 Å². The number of hydrogen-bond acceptors (Lipinski definition) is 4. The van der Waals surface area contributed by atoms with Gasteiger partial charge in [0.1, 0.15) is 0 Å². The zero-order valence-electron chi connectivity index (χ0n) is 9.70. The molecule has 5 heteroatoms. The first kappa shape index (κ1) is 13.0. The van der Waals surface area contributed by atoms with Crippen LogP contribution in [0.2, 0.25) is 0 Å². The lowest BCUT2D eigenvalue weighted by Gasteiger charge is -2.11. The van der Waals surface area contributed by atoms with Gasteiger partial charge in [0.25, 0.3) is 0 Å². The maximum Gasteiger partial charge on any atom is 0.237 e. The van der Waals surface area contributed by atoms with Crippen LogP contribution in [0.25, 0.3) is 0 Å². The van der Waals surface area contributed by atoms with Crippen LogP contribution in [-0.2, 0) is 14.3 Å². The number of amides is 1. The summed E-state index contributed by atoms with van der Waals surface area (Å²) in [5.74, 6) is 0.0400. The lowest BCUT2D eigenvalue weighted by molar-refractivity contribution is -0.123. The number of methoxy groups -OCH3 is 1. The maximum absolute atomic E-state index is 11.6. The number of hydrogen-bond donors (Lipinski definition) is 2. The molecule has 5 nitrogen and oxygen atoms in total. The highest BCUT2D eigenvalue weighted by Crippen LogP contribution is 2.09. The molecule has 16 heavy (non-hydrogen) atoms. The molecule has 2 N–H and O–H groups in total. The molecule has 1 heterocycles. The predicted octanol–water partition coefficient (Wildman–Crippen LogP) is 0.0297. The van der Waals surface area contributed by atoms with Gasteiger partial charge in [-0.2, -0.15) is 0 Å². The van der Waals surface area contributed by atoms with Gasteiger partial charge in [0, 0.05) is 20.2 Å². The normalized spacial score (nSPS) is 24.1. The molecule has 0 aromatic heterocycles. The van der Waals surface area contributed by atoms with Gasteiger partial charge < -0.3 is 20.1 Å². The molecular formula is C11H20N2O3. The third-order valence-corrected chi connectivity index (χ3v) is 2.60. The van der Waals surface area contributed by atoms with Crippen LogP contribution in [0.15, 0.2) is 12.8 Å². The Morgan fingerprint density at radius 3 is 3.12 bits per heavy atom. The summed E-state index contributed by atoms with van der Waals surface area (Å²) in [5, 5.41) is 5.98. The summed E-state index contributed by atoms with van der Waals surface area (Å²) >= 11 is 0. The van der Waals surface area contributed by atoms with Gasteiger partial charge >= 0.3 is 0 Å². The molecule has 1 rings (SSSR count). The molecule has 92 valence electrons. The van der Waals surface area contributed by atoms with Gasteiger partial charge in [0.05, 0.1) is 25.0 Å². The predicted molar refractivity (Wildman–Crippen MR) is 61.0 cm³/mol. The van der Waals surface area contributed by atoms with Crippen LogP contribution < -0.4 is 10.6 Å². The Morgan fingerprint density at radius 2 is 2.50 bits per heavy atom. The maximum atomic E-state index is 11.6. The monoisotopic (exact) mass is 228 g/mol. The highest BCUT2D eigenvalue weighted by molar-refractivity contribution is 5.82. The quantitative estimate of drug-likeness (QED) is 0.477. The molecule has 0 spiro atoms. The minimum atomic E-state index is -0.120. The molecule has 2 atom stereocenters. The fraction of sp³-hybridized carbons (Fsp3) is 0.727. The summed E-state index contributed by atoms with van der Waals surface area (Å²) in [7, 11) is 1.67. The molecule has 0 aliphatic carbocycles. The van der Waals surface area contributed by atoms with Gasteiger partial charge in [-0.3, -0.25) is 4.79 Å². The van der Waals surface area contributed by atoms with Gasteiger partial charge in [0.15, 0.2) is 0 Å². The molecule has 1 fully saturated rings. The average molecular weight is 228 g/mol. The first-order chi connectivity index (χ1) is 7.77. The van der Waals surface area contributed by atoms with Crippen molar-refractivity contribution in [3.63, 3.8) is 0 Å². The van der Waals surface area contributed by atoms with Crippen LogP contribution in [0.3, 0.4) is 0 Å². The van der Waals surface area contributed by atoms with E-state index in [0.29, 0.717) is 13.2 Å². The van der Waals surface area contributed by atoms with Crippen molar-refractivity contribution in [2.75, 3.05) is 26.8 Å². The molecule has 0 bridgehead atoms. The van der Waals surface area contributed by atoms with Crippen LogP contribution in [0, 0.1) is 0 Å². The number of nitrogens with one attached hydrogen (secondary N) is 2. The van der Waals surface area contributed by atoms with E-state index in [-0.39, 0.29) is 18.1 Å². The fourth-order valence-corrected chi connectivity index (χ4v) is 1.66. The summed E-state index contributed by atoms with van der Waals surface area (Å²) in [6.07, 6.45) is 3.09. The van der Waals surface area contributed by atoms with E-state index in [1.807, 2.05) is 0 Å². The van der Waals surface area contributed by atoms with E-state index in [1.54, 1.807) is 7.11 Å². The Balaban J connectivity index is 2.09. The second kappa shape index (κ2) is 7.24. The molecule has 0 radical (unpaired) electrons. The minimum Gasteiger partial charge on any atom is -0.502 e. The van der Waals surface area contributed by atoms with Gasteiger partial charge in [-0.1, -0.05) is 6.58 Å². The van der Waals surface area contributed by atoms with Gasteiger partial charge in [-0.05, 0) is 12.8 Å². The van der Waals surface area contributed by atoms with Crippen molar-refractivity contribution >= 4 is 5.91 Å². The average Bonchev–Trinajstić information content (AvgIpc) is 2.77. The molecule has 1 aliphatic heterocycles. The van der Waals surface area contributed by atoms with Crippen molar-refractivity contribution in [1.29, 1.82) is 0 Å². The Morgan fingerprint density at radius 1 is 1.69 bits per heavy atom. The van der Waals surface area contributed by atoms with E-state index in [4.69, 9.17) is 9.47 Å². The van der Waals surface area contributed by atoms with Crippen LogP contribution >= 0.6 is 0 Å². The zero-order valence-corrected chi connectivity index (χ0v) is 9.70.